The molecule has 0 aromatic heterocycles. The Morgan fingerprint density at radius 2 is 2.12 bits per heavy atom. The van der Waals surface area contributed by atoms with E-state index in [1.165, 1.54) is 29.8 Å². The first-order valence-corrected chi connectivity index (χ1v) is 9.43. The Morgan fingerprint density at radius 3 is 2.77 bits per heavy atom. The normalized spacial score (nSPS) is 18.3. The first-order chi connectivity index (χ1) is 12.3. The average molecular weight is 417 g/mol. The van der Waals surface area contributed by atoms with Crippen LogP contribution in [0.3, 0.4) is 0 Å². The van der Waals surface area contributed by atoms with Gasteiger partial charge in [0.05, 0.1) is 23.5 Å². The SMILES string of the molecule is COC(=O)/C=C1\S[C@H](C)C(=O)N1CC(=O)NCCc1ccc(Cl)cc1Cl. The maximum absolute atomic E-state index is 12.2. The van der Waals surface area contributed by atoms with E-state index in [4.69, 9.17) is 23.2 Å². The van der Waals surface area contributed by atoms with Crippen LogP contribution in [0.2, 0.25) is 10.0 Å². The van der Waals surface area contributed by atoms with Crippen LogP contribution in [0, 0.1) is 0 Å². The first kappa shape index (κ1) is 20.6. The number of benzene rings is 1. The highest BCUT2D eigenvalue weighted by molar-refractivity contribution is 8.04. The van der Waals surface area contributed by atoms with Crippen LogP contribution in [-0.2, 0) is 25.5 Å². The van der Waals surface area contributed by atoms with Gasteiger partial charge in [-0.2, -0.15) is 0 Å². The molecule has 0 aliphatic carbocycles. The predicted molar refractivity (Wildman–Crippen MR) is 102 cm³/mol. The zero-order chi connectivity index (χ0) is 19.3. The molecule has 26 heavy (non-hydrogen) atoms. The molecule has 1 aromatic rings. The van der Waals surface area contributed by atoms with Crippen molar-refractivity contribution >= 4 is 52.7 Å². The number of rotatable bonds is 6. The van der Waals surface area contributed by atoms with E-state index in [2.05, 4.69) is 10.1 Å². The van der Waals surface area contributed by atoms with E-state index in [-0.39, 0.29) is 23.6 Å². The molecule has 1 N–H and O–H groups in total. The van der Waals surface area contributed by atoms with Gasteiger partial charge in [-0.1, -0.05) is 41.0 Å². The number of esters is 1. The number of methoxy groups -OCH3 is 1. The molecule has 1 fully saturated rings. The van der Waals surface area contributed by atoms with Gasteiger partial charge in [-0.25, -0.2) is 4.79 Å². The molecule has 0 spiro atoms. The molecule has 1 heterocycles. The van der Waals surface area contributed by atoms with Gasteiger partial charge in [-0.3, -0.25) is 14.5 Å². The van der Waals surface area contributed by atoms with Crippen molar-refractivity contribution in [1.82, 2.24) is 10.2 Å². The summed E-state index contributed by atoms with van der Waals surface area (Å²) in [5.41, 5.74) is 0.865. The molecular formula is C17H18Cl2N2O4S. The summed E-state index contributed by atoms with van der Waals surface area (Å²) in [6, 6.07) is 5.18. The minimum absolute atomic E-state index is 0.159. The number of nitrogens with zero attached hydrogens (tertiary/aromatic N) is 1. The van der Waals surface area contributed by atoms with E-state index < -0.39 is 5.97 Å². The summed E-state index contributed by atoms with van der Waals surface area (Å²) < 4.78 is 4.58. The van der Waals surface area contributed by atoms with Gasteiger partial charge in [0.15, 0.2) is 0 Å². The third-order valence-corrected chi connectivity index (χ3v) is 5.38. The van der Waals surface area contributed by atoms with Crippen LogP contribution < -0.4 is 5.32 Å². The molecule has 140 valence electrons. The van der Waals surface area contributed by atoms with Crippen LogP contribution in [0.15, 0.2) is 29.3 Å². The summed E-state index contributed by atoms with van der Waals surface area (Å²) in [7, 11) is 1.25. The number of thioether (sulfide) groups is 1. The van der Waals surface area contributed by atoms with Gasteiger partial charge in [0, 0.05) is 16.6 Å². The van der Waals surface area contributed by atoms with E-state index in [9.17, 15) is 14.4 Å². The molecule has 9 heteroatoms. The van der Waals surface area contributed by atoms with Crippen LogP contribution in [0.1, 0.15) is 12.5 Å². The Morgan fingerprint density at radius 1 is 1.38 bits per heavy atom. The van der Waals surface area contributed by atoms with Crippen molar-refractivity contribution in [3.05, 3.63) is 44.9 Å². The van der Waals surface area contributed by atoms with Crippen molar-refractivity contribution in [1.29, 1.82) is 0 Å². The van der Waals surface area contributed by atoms with Gasteiger partial charge in [-0.15, -0.1) is 0 Å². The number of carbonyl (C=O) groups excluding carboxylic acids is 3. The lowest BCUT2D eigenvalue weighted by Gasteiger charge is -2.16. The van der Waals surface area contributed by atoms with Crippen molar-refractivity contribution in [3.63, 3.8) is 0 Å². The highest BCUT2D eigenvalue weighted by Gasteiger charge is 2.35. The van der Waals surface area contributed by atoms with Crippen LogP contribution in [0.25, 0.3) is 0 Å². The summed E-state index contributed by atoms with van der Waals surface area (Å²) in [5, 5.41) is 3.88. The Hall–Kier alpha value is -1.70. The van der Waals surface area contributed by atoms with Crippen LogP contribution in [0.5, 0.6) is 0 Å². The van der Waals surface area contributed by atoms with E-state index in [0.717, 1.165) is 5.56 Å². The minimum Gasteiger partial charge on any atom is -0.466 e. The van der Waals surface area contributed by atoms with Crippen molar-refractivity contribution < 1.29 is 19.1 Å². The van der Waals surface area contributed by atoms with E-state index in [1.54, 1.807) is 25.1 Å². The van der Waals surface area contributed by atoms with Gasteiger partial charge < -0.3 is 10.1 Å². The first-order valence-electron chi connectivity index (χ1n) is 7.80. The van der Waals surface area contributed by atoms with Crippen LogP contribution >= 0.6 is 35.0 Å². The van der Waals surface area contributed by atoms with Crippen molar-refractivity contribution in [2.24, 2.45) is 0 Å². The molecule has 6 nitrogen and oxygen atoms in total. The summed E-state index contributed by atoms with van der Waals surface area (Å²) in [6.45, 7) is 1.92. The van der Waals surface area contributed by atoms with E-state index in [0.29, 0.717) is 28.0 Å². The lowest BCUT2D eigenvalue weighted by Crippen LogP contribution is -2.39. The second-order valence-electron chi connectivity index (χ2n) is 5.53. The fraction of sp³-hybridized carbons (Fsp3) is 0.353. The van der Waals surface area contributed by atoms with Crippen LogP contribution in [0.4, 0.5) is 0 Å². The standard InChI is InChI=1S/C17H18Cl2N2O4S/c1-10-17(24)21(15(26-10)8-16(23)25-2)9-14(22)20-6-5-11-3-4-12(18)7-13(11)19/h3-4,7-8,10H,5-6,9H2,1-2H3,(H,20,22)/b15-8-/t10-/m1/s1. The largest absolute Gasteiger partial charge is 0.466 e. The smallest absolute Gasteiger partial charge is 0.333 e. The molecule has 1 aromatic carbocycles. The predicted octanol–water partition coefficient (Wildman–Crippen LogP) is 2.63. The molecular weight excluding hydrogens is 399 g/mol. The maximum Gasteiger partial charge on any atom is 0.333 e. The number of hydrogen-bond acceptors (Lipinski definition) is 5. The molecule has 0 radical (unpaired) electrons. The molecule has 2 rings (SSSR count). The lowest BCUT2D eigenvalue weighted by atomic mass is 10.1. The summed E-state index contributed by atoms with van der Waals surface area (Å²) in [4.78, 5) is 37.1. The van der Waals surface area contributed by atoms with Gasteiger partial charge in [-0.05, 0) is 31.0 Å². The van der Waals surface area contributed by atoms with Crippen LogP contribution in [-0.4, -0.2) is 48.1 Å². The Balaban J connectivity index is 1.92. The number of halogens is 2. The van der Waals surface area contributed by atoms with E-state index >= 15 is 0 Å². The zero-order valence-corrected chi connectivity index (χ0v) is 16.6. The molecule has 0 unspecified atom stereocenters. The van der Waals surface area contributed by atoms with Gasteiger partial charge >= 0.3 is 5.97 Å². The second-order valence-corrected chi connectivity index (χ2v) is 7.73. The summed E-state index contributed by atoms with van der Waals surface area (Å²) in [5.74, 6) is -1.12. The highest BCUT2D eigenvalue weighted by Crippen LogP contribution is 2.34. The Bertz CT molecular complexity index is 754. The molecule has 0 saturated carbocycles. The van der Waals surface area contributed by atoms with Crippen molar-refractivity contribution in [3.8, 4) is 0 Å². The van der Waals surface area contributed by atoms with Crippen molar-refractivity contribution in [2.75, 3.05) is 20.2 Å². The average Bonchev–Trinajstić information content (AvgIpc) is 2.84. The minimum atomic E-state index is -0.572. The fourth-order valence-corrected chi connectivity index (χ4v) is 3.85. The molecule has 1 aliphatic rings. The molecule has 1 aliphatic heterocycles. The van der Waals surface area contributed by atoms with Gasteiger partial charge in [0.2, 0.25) is 11.8 Å². The molecule has 1 saturated heterocycles. The van der Waals surface area contributed by atoms with Gasteiger partial charge in [0.25, 0.3) is 0 Å². The van der Waals surface area contributed by atoms with Gasteiger partial charge in [0.1, 0.15) is 6.54 Å². The monoisotopic (exact) mass is 416 g/mol. The second kappa shape index (κ2) is 9.30. The quantitative estimate of drug-likeness (QED) is 0.569. The topological polar surface area (TPSA) is 75.7 Å². The third kappa shape index (κ3) is 5.40. The summed E-state index contributed by atoms with van der Waals surface area (Å²) >= 11 is 13.2. The lowest BCUT2D eigenvalue weighted by molar-refractivity contribution is -0.135. The Kier molecular flexibility index (Phi) is 7.37. The Labute approximate surface area is 165 Å². The number of carbonyl (C=O) groups is 3. The number of hydrogen-bond donors (Lipinski definition) is 1. The zero-order valence-electron chi connectivity index (χ0n) is 14.3. The highest BCUT2D eigenvalue weighted by atomic mass is 35.5. The third-order valence-electron chi connectivity index (χ3n) is 3.65. The van der Waals surface area contributed by atoms with Crippen molar-refractivity contribution in [2.45, 2.75) is 18.6 Å². The molecule has 0 bridgehead atoms. The molecule has 2 amide bonds. The number of amides is 2. The summed E-state index contributed by atoms with van der Waals surface area (Å²) in [6.07, 6.45) is 1.75. The molecule has 1 atom stereocenters. The van der Waals surface area contributed by atoms with E-state index in [1.807, 2.05) is 0 Å². The number of ether oxygens (including phenoxy) is 1. The fourth-order valence-electron chi connectivity index (χ4n) is 2.31. The maximum atomic E-state index is 12.2. The number of nitrogens with one attached hydrogen (secondary N) is 1.